The van der Waals surface area contributed by atoms with E-state index in [1.165, 1.54) is 18.4 Å². The third-order valence-corrected chi connectivity index (χ3v) is 8.31. The van der Waals surface area contributed by atoms with Gasteiger partial charge in [-0.25, -0.2) is 0 Å². The molecule has 0 saturated heterocycles. The standard InChI is InChI=1S/C28H29Cl2NO3/c29-23-7-4-8-24(30)25(23)26-22(28(34-31-26)18-9-10-18)16-33-27-19-11-12-20(27)14-21(13-19)32-15-17-5-2-1-3-6-17/h1-8,18-21,27H,9-16H2/t19-,20+,21?,27?. The molecular weight excluding hydrogens is 469 g/mol. The molecule has 2 aromatic carbocycles. The van der Waals surface area contributed by atoms with Gasteiger partial charge in [0.2, 0.25) is 0 Å². The summed E-state index contributed by atoms with van der Waals surface area (Å²) in [6.07, 6.45) is 7.39. The highest BCUT2D eigenvalue weighted by molar-refractivity contribution is 6.39. The summed E-state index contributed by atoms with van der Waals surface area (Å²) in [6, 6.07) is 16.0. The minimum Gasteiger partial charge on any atom is -0.374 e. The Morgan fingerprint density at radius 1 is 0.824 bits per heavy atom. The lowest BCUT2D eigenvalue weighted by Crippen LogP contribution is -2.36. The molecule has 178 valence electrons. The summed E-state index contributed by atoms with van der Waals surface area (Å²) >= 11 is 13.0. The van der Waals surface area contributed by atoms with Crippen LogP contribution in [0, 0.1) is 11.8 Å². The minimum atomic E-state index is 0.257. The first kappa shape index (κ1) is 22.6. The van der Waals surface area contributed by atoms with Gasteiger partial charge in [0.05, 0.1) is 35.5 Å². The molecule has 0 radical (unpaired) electrons. The Kier molecular flexibility index (Phi) is 6.42. The smallest absolute Gasteiger partial charge is 0.145 e. The average molecular weight is 498 g/mol. The summed E-state index contributed by atoms with van der Waals surface area (Å²) in [4.78, 5) is 0. The zero-order valence-corrected chi connectivity index (χ0v) is 20.6. The lowest BCUT2D eigenvalue weighted by molar-refractivity contribution is -0.0816. The Bertz CT molecular complexity index is 1110. The Labute approximate surface area is 210 Å². The first-order valence-corrected chi connectivity index (χ1v) is 13.1. The van der Waals surface area contributed by atoms with Crippen molar-refractivity contribution in [2.24, 2.45) is 11.8 Å². The first-order chi connectivity index (χ1) is 16.7. The fourth-order valence-electron chi connectivity index (χ4n) is 5.84. The number of halogens is 2. The van der Waals surface area contributed by atoms with Crippen LogP contribution in [0.25, 0.3) is 11.3 Å². The molecule has 3 aromatic rings. The van der Waals surface area contributed by atoms with E-state index in [4.69, 9.17) is 37.2 Å². The van der Waals surface area contributed by atoms with Gasteiger partial charge in [0.15, 0.2) is 0 Å². The third kappa shape index (κ3) is 4.54. The van der Waals surface area contributed by atoms with E-state index in [1.807, 2.05) is 24.3 Å². The van der Waals surface area contributed by atoms with Gasteiger partial charge >= 0.3 is 0 Å². The van der Waals surface area contributed by atoms with Crippen molar-refractivity contribution >= 4 is 23.2 Å². The van der Waals surface area contributed by atoms with Gasteiger partial charge in [-0.15, -0.1) is 0 Å². The van der Waals surface area contributed by atoms with Crippen molar-refractivity contribution in [3.8, 4) is 11.3 Å². The monoisotopic (exact) mass is 497 g/mol. The van der Waals surface area contributed by atoms with E-state index in [0.717, 1.165) is 48.3 Å². The van der Waals surface area contributed by atoms with Crippen LogP contribution in [-0.4, -0.2) is 17.4 Å². The third-order valence-electron chi connectivity index (χ3n) is 7.68. The highest BCUT2D eigenvalue weighted by atomic mass is 35.5. The van der Waals surface area contributed by atoms with E-state index in [0.29, 0.717) is 47.1 Å². The second kappa shape index (κ2) is 9.66. The quantitative estimate of drug-likeness (QED) is 0.318. The van der Waals surface area contributed by atoms with Crippen LogP contribution in [0.3, 0.4) is 0 Å². The summed E-state index contributed by atoms with van der Waals surface area (Å²) in [5, 5.41) is 5.58. The lowest BCUT2D eigenvalue weighted by atomic mass is 9.84. The van der Waals surface area contributed by atoms with Gasteiger partial charge in [-0.1, -0.05) is 64.8 Å². The van der Waals surface area contributed by atoms with Crippen molar-refractivity contribution in [3.63, 3.8) is 0 Å². The maximum Gasteiger partial charge on any atom is 0.145 e. The van der Waals surface area contributed by atoms with Crippen LogP contribution in [0.2, 0.25) is 10.0 Å². The number of aromatic nitrogens is 1. The zero-order valence-electron chi connectivity index (χ0n) is 19.1. The first-order valence-electron chi connectivity index (χ1n) is 12.4. The van der Waals surface area contributed by atoms with Crippen LogP contribution in [0.5, 0.6) is 0 Å². The summed E-state index contributed by atoms with van der Waals surface area (Å²) in [7, 11) is 0. The van der Waals surface area contributed by atoms with E-state index in [1.54, 1.807) is 0 Å². The summed E-state index contributed by atoms with van der Waals surface area (Å²) in [5.41, 5.74) is 3.71. The number of hydrogen-bond donors (Lipinski definition) is 0. The molecule has 4 nitrogen and oxygen atoms in total. The van der Waals surface area contributed by atoms with Crippen LogP contribution >= 0.6 is 23.2 Å². The van der Waals surface area contributed by atoms with E-state index in [2.05, 4.69) is 29.4 Å². The van der Waals surface area contributed by atoms with Gasteiger partial charge in [0.1, 0.15) is 11.5 Å². The molecular formula is C28H29Cl2NO3. The number of fused-ring (bicyclic) bond motifs is 2. The van der Waals surface area contributed by atoms with Crippen molar-refractivity contribution in [1.29, 1.82) is 0 Å². The molecule has 3 fully saturated rings. The number of hydrogen-bond acceptors (Lipinski definition) is 4. The summed E-state index contributed by atoms with van der Waals surface area (Å²) in [6.45, 7) is 1.17. The molecule has 3 aliphatic rings. The number of ether oxygens (including phenoxy) is 2. The van der Waals surface area contributed by atoms with Crippen molar-refractivity contribution in [2.75, 3.05) is 0 Å². The van der Waals surface area contributed by atoms with Gasteiger partial charge in [0, 0.05) is 17.0 Å². The Morgan fingerprint density at radius 2 is 1.53 bits per heavy atom. The van der Waals surface area contributed by atoms with Crippen molar-refractivity contribution < 1.29 is 14.0 Å². The minimum absolute atomic E-state index is 0.257. The topological polar surface area (TPSA) is 44.5 Å². The molecule has 3 saturated carbocycles. The molecule has 0 aliphatic heterocycles. The van der Waals surface area contributed by atoms with E-state index < -0.39 is 0 Å². The highest BCUT2D eigenvalue weighted by Gasteiger charge is 2.44. The van der Waals surface area contributed by atoms with Crippen LogP contribution in [-0.2, 0) is 22.7 Å². The molecule has 34 heavy (non-hydrogen) atoms. The molecule has 1 heterocycles. The van der Waals surface area contributed by atoms with Crippen molar-refractivity contribution in [3.05, 3.63) is 75.5 Å². The number of benzene rings is 2. The summed E-state index contributed by atoms with van der Waals surface area (Å²) < 4.78 is 18.8. The predicted octanol–water partition coefficient (Wildman–Crippen LogP) is 7.82. The van der Waals surface area contributed by atoms with Crippen LogP contribution in [0.15, 0.2) is 53.1 Å². The molecule has 1 aromatic heterocycles. The van der Waals surface area contributed by atoms with E-state index in [9.17, 15) is 0 Å². The second-order valence-electron chi connectivity index (χ2n) is 10.0. The van der Waals surface area contributed by atoms with Crippen molar-refractivity contribution in [1.82, 2.24) is 5.16 Å². The van der Waals surface area contributed by atoms with E-state index in [-0.39, 0.29) is 6.10 Å². The van der Waals surface area contributed by atoms with Gasteiger partial charge in [-0.2, -0.15) is 0 Å². The second-order valence-corrected chi connectivity index (χ2v) is 10.8. The largest absolute Gasteiger partial charge is 0.374 e. The Balaban J connectivity index is 1.15. The predicted molar refractivity (Wildman–Crippen MR) is 133 cm³/mol. The van der Waals surface area contributed by atoms with Gasteiger partial charge in [0.25, 0.3) is 0 Å². The number of nitrogens with zero attached hydrogens (tertiary/aromatic N) is 1. The molecule has 2 unspecified atom stereocenters. The van der Waals surface area contributed by atoms with Gasteiger partial charge in [-0.3, -0.25) is 0 Å². The fourth-order valence-corrected chi connectivity index (χ4v) is 6.42. The van der Waals surface area contributed by atoms with Gasteiger partial charge < -0.3 is 14.0 Å². The molecule has 4 atom stereocenters. The normalized spacial score (nSPS) is 26.2. The van der Waals surface area contributed by atoms with Gasteiger partial charge in [-0.05, 0) is 68.1 Å². The van der Waals surface area contributed by atoms with Crippen LogP contribution in [0.1, 0.15) is 61.3 Å². The molecule has 2 bridgehead atoms. The van der Waals surface area contributed by atoms with Crippen LogP contribution in [0.4, 0.5) is 0 Å². The lowest BCUT2D eigenvalue weighted by Gasteiger charge is -2.35. The Morgan fingerprint density at radius 3 is 2.21 bits per heavy atom. The molecule has 0 spiro atoms. The number of rotatable bonds is 8. The molecule has 6 heteroatoms. The Hall–Kier alpha value is -1.85. The van der Waals surface area contributed by atoms with Crippen LogP contribution < -0.4 is 0 Å². The maximum absolute atomic E-state index is 6.64. The highest BCUT2D eigenvalue weighted by Crippen LogP contribution is 2.48. The van der Waals surface area contributed by atoms with Crippen molar-refractivity contribution in [2.45, 2.75) is 69.9 Å². The fraction of sp³-hybridized carbons (Fsp3) is 0.464. The molecule has 6 rings (SSSR count). The summed E-state index contributed by atoms with van der Waals surface area (Å²) in [5.74, 6) is 2.45. The molecule has 0 N–H and O–H groups in total. The average Bonchev–Trinajstić information content (AvgIpc) is 3.56. The molecule has 3 aliphatic carbocycles. The van der Waals surface area contributed by atoms with E-state index >= 15 is 0 Å². The SMILES string of the molecule is Clc1cccc(Cl)c1-c1noc(C2CC2)c1COC1[C@@H]2CC[C@H]1CC(OCc1ccccc1)C2. The maximum atomic E-state index is 6.64. The zero-order chi connectivity index (χ0) is 23.1. The molecule has 0 amide bonds.